The van der Waals surface area contributed by atoms with Crippen molar-refractivity contribution in [3.8, 4) is 0 Å². The molecule has 1 aromatic heterocycles. The Bertz CT molecular complexity index is 1140. The zero-order valence-corrected chi connectivity index (χ0v) is 16.7. The third-order valence-corrected chi connectivity index (χ3v) is 6.35. The summed E-state index contributed by atoms with van der Waals surface area (Å²) in [4.78, 5) is 26.8. The van der Waals surface area contributed by atoms with E-state index in [1.54, 1.807) is 43.0 Å². The summed E-state index contributed by atoms with van der Waals surface area (Å²) < 4.78 is 33.9. The number of furan rings is 1. The topological polar surface area (TPSA) is 121 Å². The number of amides is 2. The van der Waals surface area contributed by atoms with Crippen LogP contribution in [0.15, 0.2) is 44.0 Å². The maximum absolute atomic E-state index is 12.7. The number of rotatable bonds is 2. The molecule has 0 aliphatic carbocycles. The van der Waals surface area contributed by atoms with E-state index in [9.17, 15) is 18.0 Å². The lowest BCUT2D eigenvalue weighted by Gasteiger charge is -2.25. The van der Waals surface area contributed by atoms with E-state index in [1.807, 2.05) is 0 Å². The van der Waals surface area contributed by atoms with Crippen molar-refractivity contribution >= 4 is 27.7 Å². The van der Waals surface area contributed by atoms with E-state index in [0.29, 0.717) is 42.0 Å². The van der Waals surface area contributed by atoms with E-state index < -0.39 is 27.9 Å². The van der Waals surface area contributed by atoms with Crippen molar-refractivity contribution in [3.05, 3.63) is 53.0 Å². The average Bonchev–Trinajstić information content (AvgIpc) is 3.36. The van der Waals surface area contributed by atoms with Crippen LogP contribution in [0.2, 0.25) is 0 Å². The first-order valence-corrected chi connectivity index (χ1v) is 10.6. The smallest absolute Gasteiger partial charge is 0.285 e. The number of fused-ring (bicyclic) bond motifs is 1. The summed E-state index contributed by atoms with van der Waals surface area (Å²) in [6.45, 7) is 3.89. The lowest BCUT2D eigenvalue weighted by molar-refractivity contribution is -0.125. The van der Waals surface area contributed by atoms with E-state index in [4.69, 9.17) is 4.42 Å². The highest BCUT2D eigenvalue weighted by atomic mass is 32.2. The SMILES string of the molecule is Cc1cc(C(=O)NNC(=O)[C@@H]2CCCN2C2=NS(=O)(=O)c3ccccc32)c(C)o1. The molecule has 4 rings (SSSR count). The highest BCUT2D eigenvalue weighted by Gasteiger charge is 2.39. The van der Waals surface area contributed by atoms with Gasteiger partial charge < -0.3 is 9.32 Å². The zero-order chi connectivity index (χ0) is 20.8. The van der Waals surface area contributed by atoms with Crippen molar-refractivity contribution in [1.82, 2.24) is 15.8 Å². The van der Waals surface area contributed by atoms with E-state index in [2.05, 4.69) is 15.2 Å². The molecule has 1 aromatic carbocycles. The molecular formula is C19H20N4O5S. The van der Waals surface area contributed by atoms with Gasteiger partial charge in [-0.1, -0.05) is 12.1 Å². The van der Waals surface area contributed by atoms with Gasteiger partial charge in [0.1, 0.15) is 22.5 Å². The number of carbonyl (C=O) groups is 2. The van der Waals surface area contributed by atoms with Gasteiger partial charge in [0.25, 0.3) is 21.8 Å². The maximum atomic E-state index is 12.7. The predicted molar refractivity (Wildman–Crippen MR) is 104 cm³/mol. The van der Waals surface area contributed by atoms with E-state index in [-0.39, 0.29) is 10.7 Å². The molecule has 2 aromatic rings. The first-order chi connectivity index (χ1) is 13.8. The molecule has 2 amide bonds. The second-order valence-electron chi connectivity index (χ2n) is 7.01. The van der Waals surface area contributed by atoms with Gasteiger partial charge in [0, 0.05) is 12.1 Å². The summed E-state index contributed by atoms with van der Waals surface area (Å²) in [5.41, 5.74) is 5.65. The third kappa shape index (κ3) is 3.39. The first kappa shape index (κ1) is 19.2. The van der Waals surface area contributed by atoms with Crippen LogP contribution in [0.4, 0.5) is 0 Å². The van der Waals surface area contributed by atoms with Gasteiger partial charge in [0.05, 0.1) is 5.56 Å². The van der Waals surface area contributed by atoms with Gasteiger partial charge in [-0.15, -0.1) is 4.40 Å². The molecule has 2 aliphatic rings. The van der Waals surface area contributed by atoms with Gasteiger partial charge in [0.2, 0.25) is 0 Å². The van der Waals surface area contributed by atoms with Crippen molar-refractivity contribution in [2.45, 2.75) is 37.6 Å². The summed E-state index contributed by atoms with van der Waals surface area (Å²) >= 11 is 0. The van der Waals surface area contributed by atoms with Crippen molar-refractivity contribution in [2.75, 3.05) is 6.54 Å². The molecule has 1 saturated heterocycles. The standard InChI is InChI=1S/C19H20N4O5S/c1-11-10-14(12(2)28-11)18(24)20-21-19(25)15-7-5-9-23(15)17-13-6-3-4-8-16(13)29(26,27)22-17/h3-4,6,8,10,15H,5,7,9H2,1-2H3,(H,20,24)(H,21,25)/t15-/m0/s1. The number of hydrazine groups is 1. The normalized spacial score (nSPS) is 19.6. The Kier molecular flexibility index (Phi) is 4.65. The summed E-state index contributed by atoms with van der Waals surface area (Å²) in [5, 5.41) is 0. The zero-order valence-electron chi connectivity index (χ0n) is 15.9. The van der Waals surface area contributed by atoms with Crippen LogP contribution in [0.3, 0.4) is 0 Å². The van der Waals surface area contributed by atoms with Crippen LogP contribution in [0.5, 0.6) is 0 Å². The molecule has 10 heteroatoms. The molecule has 152 valence electrons. The quantitative estimate of drug-likeness (QED) is 0.711. The third-order valence-electron chi connectivity index (χ3n) is 5.02. The first-order valence-electron chi connectivity index (χ1n) is 9.16. The fraction of sp³-hybridized carbons (Fsp3) is 0.316. The maximum Gasteiger partial charge on any atom is 0.285 e. The largest absolute Gasteiger partial charge is 0.466 e. The molecule has 2 aliphatic heterocycles. The summed E-state index contributed by atoms with van der Waals surface area (Å²) in [6.07, 6.45) is 1.22. The highest BCUT2D eigenvalue weighted by molar-refractivity contribution is 7.90. The van der Waals surface area contributed by atoms with Gasteiger partial charge >= 0.3 is 0 Å². The molecule has 0 saturated carbocycles. The number of nitrogens with zero attached hydrogens (tertiary/aromatic N) is 2. The molecule has 1 atom stereocenters. The summed E-state index contributed by atoms with van der Waals surface area (Å²) in [7, 11) is -3.77. The van der Waals surface area contributed by atoms with Crippen LogP contribution in [-0.2, 0) is 14.8 Å². The van der Waals surface area contributed by atoms with Crippen LogP contribution >= 0.6 is 0 Å². The second kappa shape index (κ2) is 7.03. The van der Waals surface area contributed by atoms with Crippen LogP contribution in [-0.4, -0.2) is 43.6 Å². The van der Waals surface area contributed by atoms with Gasteiger partial charge in [-0.3, -0.25) is 20.4 Å². The number of sulfonamides is 1. The Morgan fingerprint density at radius 1 is 1.21 bits per heavy atom. The van der Waals surface area contributed by atoms with Crippen molar-refractivity contribution in [3.63, 3.8) is 0 Å². The summed E-state index contributed by atoms with van der Waals surface area (Å²) in [6, 6.07) is 7.50. The molecule has 9 nitrogen and oxygen atoms in total. The molecule has 0 unspecified atom stereocenters. The molecule has 2 N–H and O–H groups in total. The minimum atomic E-state index is -3.77. The van der Waals surface area contributed by atoms with Crippen LogP contribution in [0.25, 0.3) is 0 Å². The number of nitrogens with one attached hydrogen (secondary N) is 2. The van der Waals surface area contributed by atoms with Crippen LogP contribution in [0, 0.1) is 13.8 Å². The Labute approximate surface area is 167 Å². The molecule has 3 heterocycles. The minimum absolute atomic E-state index is 0.139. The van der Waals surface area contributed by atoms with E-state index in [0.717, 1.165) is 0 Å². The molecule has 0 bridgehead atoms. The fourth-order valence-corrected chi connectivity index (χ4v) is 4.93. The van der Waals surface area contributed by atoms with Crippen molar-refractivity contribution < 1.29 is 22.4 Å². The Balaban J connectivity index is 1.50. The molecule has 29 heavy (non-hydrogen) atoms. The fourth-order valence-electron chi connectivity index (χ4n) is 3.71. The van der Waals surface area contributed by atoms with E-state index >= 15 is 0 Å². The number of amidine groups is 1. The Hall–Kier alpha value is -3.14. The number of carbonyl (C=O) groups excluding carboxylic acids is 2. The van der Waals surface area contributed by atoms with E-state index in [1.165, 1.54) is 6.07 Å². The van der Waals surface area contributed by atoms with Crippen LogP contribution < -0.4 is 10.9 Å². The van der Waals surface area contributed by atoms with Crippen molar-refractivity contribution in [2.24, 2.45) is 4.40 Å². The molecule has 1 fully saturated rings. The Morgan fingerprint density at radius 3 is 2.69 bits per heavy atom. The van der Waals surface area contributed by atoms with Gasteiger partial charge in [-0.05, 0) is 44.9 Å². The molecule has 0 spiro atoms. The molecule has 0 radical (unpaired) electrons. The van der Waals surface area contributed by atoms with Crippen molar-refractivity contribution in [1.29, 1.82) is 0 Å². The highest BCUT2D eigenvalue weighted by Crippen LogP contribution is 2.31. The average molecular weight is 416 g/mol. The second-order valence-corrected chi connectivity index (χ2v) is 8.58. The number of hydrogen-bond acceptors (Lipinski definition) is 6. The summed E-state index contributed by atoms with van der Waals surface area (Å²) in [5.74, 6) is 0.409. The molecular weight excluding hydrogens is 396 g/mol. The monoisotopic (exact) mass is 416 g/mol. The van der Waals surface area contributed by atoms with Crippen LogP contribution in [0.1, 0.15) is 40.3 Å². The lowest BCUT2D eigenvalue weighted by Crippen LogP contribution is -2.51. The minimum Gasteiger partial charge on any atom is -0.466 e. The predicted octanol–water partition coefficient (Wildman–Crippen LogP) is 1.27. The van der Waals surface area contributed by atoms with Gasteiger partial charge in [0.15, 0.2) is 5.84 Å². The number of benzene rings is 1. The van der Waals surface area contributed by atoms with Gasteiger partial charge in [-0.2, -0.15) is 8.42 Å². The lowest BCUT2D eigenvalue weighted by atomic mass is 10.1. The Morgan fingerprint density at radius 2 is 1.97 bits per heavy atom. The van der Waals surface area contributed by atoms with Gasteiger partial charge in [-0.25, -0.2) is 0 Å². The number of likely N-dealkylation sites (tertiary alicyclic amines) is 1. The number of hydrogen-bond donors (Lipinski definition) is 2. The number of aryl methyl sites for hydroxylation is 2.